The first-order valence-electron chi connectivity index (χ1n) is 8.24. The Hall–Kier alpha value is -3.25. The van der Waals surface area contributed by atoms with Gasteiger partial charge in [-0.25, -0.2) is 0 Å². The summed E-state index contributed by atoms with van der Waals surface area (Å²) in [5.41, 5.74) is 2.70. The van der Waals surface area contributed by atoms with Crippen LogP contribution in [0.5, 0.6) is 0 Å². The Morgan fingerprint density at radius 2 is 1.85 bits per heavy atom. The van der Waals surface area contributed by atoms with Crippen molar-refractivity contribution in [3.63, 3.8) is 0 Å². The molecule has 7 heteroatoms. The molecular formula is C20H17ClN4O2. The van der Waals surface area contributed by atoms with Crippen LogP contribution in [-0.2, 0) is 6.54 Å². The Bertz CT molecular complexity index is 977. The topological polar surface area (TPSA) is 84.0 Å². The van der Waals surface area contributed by atoms with Gasteiger partial charge in [0.25, 0.3) is 11.8 Å². The summed E-state index contributed by atoms with van der Waals surface area (Å²) < 4.78 is 0. The van der Waals surface area contributed by atoms with E-state index in [0.29, 0.717) is 22.8 Å². The lowest BCUT2D eigenvalue weighted by Gasteiger charge is -2.08. The van der Waals surface area contributed by atoms with Crippen LogP contribution in [0.15, 0.2) is 60.9 Å². The second-order valence-corrected chi connectivity index (χ2v) is 6.26. The highest BCUT2D eigenvalue weighted by molar-refractivity contribution is 6.31. The number of anilines is 1. The number of nitrogens with zero attached hydrogens (tertiary/aromatic N) is 2. The second kappa shape index (κ2) is 8.42. The number of rotatable bonds is 5. The molecule has 0 radical (unpaired) electrons. The molecule has 0 saturated heterocycles. The lowest BCUT2D eigenvalue weighted by molar-refractivity contribution is 0.0950. The van der Waals surface area contributed by atoms with E-state index in [4.69, 9.17) is 11.6 Å². The standard InChI is InChI=1S/C20H17ClN4O2/c1-13-5-6-15(11-17(13)21)25-20(27)18-10-14(7-9-23-18)19(26)24-12-16-4-2-3-8-22-16/h2-11H,12H2,1H3,(H,24,26)(H,25,27). The fourth-order valence-electron chi connectivity index (χ4n) is 2.34. The van der Waals surface area contributed by atoms with Crippen LogP contribution in [0.3, 0.4) is 0 Å². The summed E-state index contributed by atoms with van der Waals surface area (Å²) >= 11 is 6.07. The van der Waals surface area contributed by atoms with Gasteiger partial charge in [0.05, 0.1) is 12.2 Å². The highest BCUT2D eigenvalue weighted by Gasteiger charge is 2.12. The number of pyridine rings is 2. The molecule has 2 N–H and O–H groups in total. The van der Waals surface area contributed by atoms with Crippen LogP contribution in [0.4, 0.5) is 5.69 Å². The molecule has 2 amide bonds. The minimum absolute atomic E-state index is 0.136. The van der Waals surface area contributed by atoms with Crippen LogP contribution in [-0.4, -0.2) is 21.8 Å². The van der Waals surface area contributed by atoms with Crippen molar-refractivity contribution in [1.82, 2.24) is 15.3 Å². The number of carbonyl (C=O) groups excluding carboxylic acids is 2. The van der Waals surface area contributed by atoms with Gasteiger partial charge in [-0.05, 0) is 48.9 Å². The van der Waals surface area contributed by atoms with Gasteiger partial charge in [-0.1, -0.05) is 23.7 Å². The van der Waals surface area contributed by atoms with E-state index < -0.39 is 5.91 Å². The zero-order chi connectivity index (χ0) is 19.2. The van der Waals surface area contributed by atoms with Gasteiger partial charge in [0.1, 0.15) is 5.69 Å². The fraction of sp³-hybridized carbons (Fsp3) is 0.100. The maximum absolute atomic E-state index is 12.4. The van der Waals surface area contributed by atoms with Crippen molar-refractivity contribution in [3.05, 3.63) is 88.5 Å². The Labute approximate surface area is 161 Å². The van der Waals surface area contributed by atoms with E-state index in [0.717, 1.165) is 11.3 Å². The first-order chi connectivity index (χ1) is 13.0. The van der Waals surface area contributed by atoms with E-state index in [1.54, 1.807) is 30.5 Å². The van der Waals surface area contributed by atoms with E-state index in [9.17, 15) is 9.59 Å². The third-order valence-electron chi connectivity index (χ3n) is 3.84. The average Bonchev–Trinajstić information content (AvgIpc) is 2.70. The van der Waals surface area contributed by atoms with Crippen LogP contribution in [0.2, 0.25) is 5.02 Å². The van der Waals surface area contributed by atoms with Gasteiger partial charge in [-0.15, -0.1) is 0 Å². The predicted octanol–water partition coefficient (Wildman–Crippen LogP) is 3.62. The smallest absolute Gasteiger partial charge is 0.274 e. The molecule has 0 unspecified atom stereocenters. The van der Waals surface area contributed by atoms with Gasteiger partial charge in [-0.3, -0.25) is 19.6 Å². The third-order valence-corrected chi connectivity index (χ3v) is 4.25. The summed E-state index contributed by atoms with van der Waals surface area (Å²) in [6.07, 6.45) is 3.08. The highest BCUT2D eigenvalue weighted by atomic mass is 35.5. The fourth-order valence-corrected chi connectivity index (χ4v) is 2.52. The second-order valence-electron chi connectivity index (χ2n) is 5.85. The molecule has 0 fully saturated rings. The number of hydrogen-bond acceptors (Lipinski definition) is 4. The third kappa shape index (κ3) is 4.89. The number of aryl methyl sites for hydroxylation is 1. The minimum atomic E-state index is -0.422. The van der Waals surface area contributed by atoms with Gasteiger partial charge in [0.15, 0.2) is 0 Å². The highest BCUT2D eigenvalue weighted by Crippen LogP contribution is 2.20. The molecule has 1 aromatic carbocycles. The molecule has 0 aliphatic rings. The molecule has 0 bridgehead atoms. The van der Waals surface area contributed by atoms with Gasteiger partial charge >= 0.3 is 0 Å². The van der Waals surface area contributed by atoms with E-state index in [2.05, 4.69) is 20.6 Å². The molecule has 6 nitrogen and oxygen atoms in total. The van der Waals surface area contributed by atoms with E-state index in [-0.39, 0.29) is 11.6 Å². The maximum atomic E-state index is 12.4. The largest absolute Gasteiger partial charge is 0.346 e. The number of aromatic nitrogens is 2. The summed E-state index contributed by atoms with van der Waals surface area (Å²) in [6.45, 7) is 2.17. The maximum Gasteiger partial charge on any atom is 0.274 e. The molecule has 0 saturated carbocycles. The molecule has 0 spiro atoms. The Morgan fingerprint density at radius 1 is 1.00 bits per heavy atom. The van der Waals surface area contributed by atoms with Crippen LogP contribution in [0.25, 0.3) is 0 Å². The van der Waals surface area contributed by atoms with Crippen LogP contribution in [0.1, 0.15) is 32.1 Å². The normalized spacial score (nSPS) is 10.3. The van der Waals surface area contributed by atoms with Crippen molar-refractivity contribution >= 4 is 29.1 Å². The molecule has 27 heavy (non-hydrogen) atoms. The number of amides is 2. The van der Waals surface area contributed by atoms with Gasteiger partial charge in [0.2, 0.25) is 0 Å². The summed E-state index contributed by atoms with van der Waals surface area (Å²) in [4.78, 5) is 32.9. The van der Waals surface area contributed by atoms with E-state index in [1.807, 2.05) is 25.1 Å². The monoisotopic (exact) mass is 380 g/mol. The van der Waals surface area contributed by atoms with Crippen molar-refractivity contribution in [2.75, 3.05) is 5.32 Å². The Morgan fingerprint density at radius 3 is 2.59 bits per heavy atom. The SMILES string of the molecule is Cc1ccc(NC(=O)c2cc(C(=O)NCc3ccccn3)ccn2)cc1Cl. The molecule has 136 valence electrons. The molecule has 0 atom stereocenters. The lowest BCUT2D eigenvalue weighted by Crippen LogP contribution is -2.24. The molecule has 3 aromatic rings. The van der Waals surface area contributed by atoms with E-state index in [1.165, 1.54) is 12.3 Å². The Kier molecular flexibility index (Phi) is 5.78. The number of nitrogens with one attached hydrogen (secondary N) is 2. The summed E-state index contributed by atoms with van der Waals surface area (Å²) in [5, 5.41) is 6.05. The first kappa shape index (κ1) is 18.5. The molecule has 2 heterocycles. The minimum Gasteiger partial charge on any atom is -0.346 e. The van der Waals surface area contributed by atoms with Crippen molar-refractivity contribution in [3.8, 4) is 0 Å². The van der Waals surface area contributed by atoms with E-state index >= 15 is 0 Å². The van der Waals surface area contributed by atoms with Gasteiger partial charge in [-0.2, -0.15) is 0 Å². The zero-order valence-corrected chi connectivity index (χ0v) is 15.3. The molecule has 0 aliphatic heterocycles. The first-order valence-corrected chi connectivity index (χ1v) is 8.62. The van der Waals surface area contributed by atoms with Crippen molar-refractivity contribution in [1.29, 1.82) is 0 Å². The Balaban J connectivity index is 1.67. The van der Waals surface area contributed by atoms with Gasteiger partial charge in [0, 0.05) is 28.7 Å². The summed E-state index contributed by atoms with van der Waals surface area (Å²) in [5.74, 6) is -0.732. The molecule has 0 aliphatic carbocycles. The van der Waals surface area contributed by atoms with Crippen LogP contribution in [0, 0.1) is 6.92 Å². The number of carbonyl (C=O) groups is 2. The summed E-state index contributed by atoms with van der Waals surface area (Å²) in [7, 11) is 0. The number of benzene rings is 1. The van der Waals surface area contributed by atoms with Crippen LogP contribution >= 0.6 is 11.6 Å². The number of hydrogen-bond donors (Lipinski definition) is 2. The van der Waals surface area contributed by atoms with Crippen molar-refractivity contribution in [2.45, 2.75) is 13.5 Å². The molecular weight excluding hydrogens is 364 g/mol. The quantitative estimate of drug-likeness (QED) is 0.708. The molecule has 3 rings (SSSR count). The van der Waals surface area contributed by atoms with Crippen molar-refractivity contribution < 1.29 is 9.59 Å². The number of halogens is 1. The van der Waals surface area contributed by atoms with Gasteiger partial charge < -0.3 is 10.6 Å². The lowest BCUT2D eigenvalue weighted by atomic mass is 10.2. The zero-order valence-electron chi connectivity index (χ0n) is 14.6. The molecule has 2 aromatic heterocycles. The average molecular weight is 381 g/mol. The predicted molar refractivity (Wildman–Crippen MR) is 104 cm³/mol. The van der Waals surface area contributed by atoms with Crippen molar-refractivity contribution in [2.24, 2.45) is 0 Å². The summed E-state index contributed by atoms with van der Waals surface area (Å²) in [6, 6.07) is 13.7. The van der Waals surface area contributed by atoms with Crippen LogP contribution < -0.4 is 10.6 Å².